The molecule has 3 aromatic rings. The van der Waals surface area contributed by atoms with E-state index >= 15 is 0 Å². The van der Waals surface area contributed by atoms with Crippen LogP contribution in [0.2, 0.25) is 0 Å². The van der Waals surface area contributed by atoms with Crippen molar-refractivity contribution in [1.29, 1.82) is 0 Å². The van der Waals surface area contributed by atoms with E-state index in [1.807, 2.05) is 18.2 Å². The van der Waals surface area contributed by atoms with E-state index in [-0.39, 0.29) is 18.2 Å². The Kier molecular flexibility index (Phi) is 4.27. The van der Waals surface area contributed by atoms with E-state index in [1.54, 1.807) is 7.11 Å². The molecule has 2 aromatic carbocycles. The van der Waals surface area contributed by atoms with Gasteiger partial charge in [0.25, 0.3) is 5.91 Å². The van der Waals surface area contributed by atoms with Crippen molar-refractivity contribution in [2.24, 2.45) is 0 Å². The second kappa shape index (κ2) is 6.75. The van der Waals surface area contributed by atoms with Gasteiger partial charge in [-0.25, -0.2) is 4.39 Å². The molecule has 0 spiro atoms. The number of benzene rings is 2. The van der Waals surface area contributed by atoms with Crippen molar-refractivity contribution in [3.63, 3.8) is 0 Å². The molecule has 1 aliphatic heterocycles. The Balaban J connectivity index is 1.61. The maximum atomic E-state index is 13.6. The lowest BCUT2D eigenvalue weighted by Crippen LogP contribution is -2.43. The Bertz CT molecular complexity index is 1090. The number of aromatic nitrogens is 1. The van der Waals surface area contributed by atoms with Gasteiger partial charge in [-0.2, -0.15) is 0 Å². The third-order valence-electron chi connectivity index (χ3n) is 4.56. The van der Waals surface area contributed by atoms with Crippen LogP contribution in [0.15, 0.2) is 47.3 Å². The average molecular weight is 368 g/mol. The molecule has 138 valence electrons. The second-order valence-corrected chi connectivity index (χ2v) is 6.37. The van der Waals surface area contributed by atoms with Crippen LogP contribution < -0.4 is 20.3 Å². The lowest BCUT2D eigenvalue weighted by atomic mass is 10.0. The number of fused-ring (bicyclic) bond motifs is 2. The summed E-state index contributed by atoms with van der Waals surface area (Å²) in [5.74, 6) is 0.393. The molecule has 4 rings (SSSR count). The van der Waals surface area contributed by atoms with Crippen LogP contribution in [0.3, 0.4) is 0 Å². The zero-order chi connectivity index (χ0) is 19.0. The normalized spacial score (nSPS) is 15.7. The first-order valence-electron chi connectivity index (χ1n) is 8.47. The number of halogens is 1. The third-order valence-corrected chi connectivity index (χ3v) is 4.56. The number of hydrogen-bond donors (Lipinski definition) is 2. The molecule has 27 heavy (non-hydrogen) atoms. The molecule has 0 aliphatic carbocycles. The monoisotopic (exact) mass is 368 g/mol. The third kappa shape index (κ3) is 3.23. The predicted molar refractivity (Wildman–Crippen MR) is 98.0 cm³/mol. The summed E-state index contributed by atoms with van der Waals surface area (Å²) in [6, 6.07) is 10.4. The standard InChI is InChI=1S/C20H17FN2O4/c1-26-17-4-2-3-11-7-13(10-27-19(11)17)22-20(25)15-9-18(24)23-16-6-5-12(21)8-14(15)16/h2-6,8-9,13H,7,10H2,1H3,(H,22,25)(H,23,24). The van der Waals surface area contributed by atoms with Gasteiger partial charge < -0.3 is 19.8 Å². The van der Waals surface area contributed by atoms with E-state index in [0.717, 1.165) is 5.56 Å². The van der Waals surface area contributed by atoms with Crippen molar-refractivity contribution in [3.8, 4) is 11.5 Å². The van der Waals surface area contributed by atoms with Crippen LogP contribution >= 0.6 is 0 Å². The van der Waals surface area contributed by atoms with Gasteiger partial charge in [-0.05, 0) is 30.7 Å². The van der Waals surface area contributed by atoms with E-state index < -0.39 is 17.3 Å². The van der Waals surface area contributed by atoms with Gasteiger partial charge in [0, 0.05) is 22.5 Å². The van der Waals surface area contributed by atoms with Gasteiger partial charge in [-0.15, -0.1) is 0 Å². The van der Waals surface area contributed by atoms with Crippen LogP contribution in [0.25, 0.3) is 10.9 Å². The molecule has 1 amide bonds. The van der Waals surface area contributed by atoms with Gasteiger partial charge in [0.05, 0.1) is 18.7 Å². The van der Waals surface area contributed by atoms with E-state index in [2.05, 4.69) is 10.3 Å². The Labute approximate surface area is 153 Å². The van der Waals surface area contributed by atoms with Crippen molar-refractivity contribution in [1.82, 2.24) is 10.3 Å². The Morgan fingerprint density at radius 2 is 2.15 bits per heavy atom. The highest BCUT2D eigenvalue weighted by Crippen LogP contribution is 2.34. The molecule has 7 heteroatoms. The highest BCUT2D eigenvalue weighted by molar-refractivity contribution is 6.06. The topological polar surface area (TPSA) is 80.4 Å². The van der Waals surface area contributed by atoms with Crippen molar-refractivity contribution in [2.45, 2.75) is 12.5 Å². The Hall–Kier alpha value is -3.35. The maximum Gasteiger partial charge on any atom is 0.252 e. The molecule has 0 radical (unpaired) electrons. The summed E-state index contributed by atoms with van der Waals surface area (Å²) in [7, 11) is 1.57. The number of rotatable bonds is 3. The molecule has 6 nitrogen and oxygen atoms in total. The first kappa shape index (κ1) is 17.1. The number of aromatic amines is 1. The summed E-state index contributed by atoms with van der Waals surface area (Å²) in [6.07, 6.45) is 0.563. The number of carbonyl (C=O) groups is 1. The van der Waals surface area contributed by atoms with E-state index in [0.29, 0.717) is 28.8 Å². The molecular formula is C20H17FN2O4. The van der Waals surface area contributed by atoms with E-state index in [9.17, 15) is 14.0 Å². The minimum atomic E-state index is -0.481. The number of para-hydroxylation sites is 1. The summed E-state index contributed by atoms with van der Waals surface area (Å²) in [4.78, 5) is 27.2. The van der Waals surface area contributed by atoms with Crippen LogP contribution in [0.4, 0.5) is 4.39 Å². The first-order chi connectivity index (χ1) is 13.0. The van der Waals surface area contributed by atoms with Crippen molar-refractivity contribution < 1.29 is 18.7 Å². The van der Waals surface area contributed by atoms with Crippen LogP contribution in [-0.4, -0.2) is 30.6 Å². The van der Waals surface area contributed by atoms with Gasteiger partial charge in [-0.1, -0.05) is 12.1 Å². The lowest BCUT2D eigenvalue weighted by molar-refractivity contribution is 0.0916. The Morgan fingerprint density at radius 3 is 2.96 bits per heavy atom. The molecular weight excluding hydrogens is 351 g/mol. The number of hydrogen-bond acceptors (Lipinski definition) is 4. The molecule has 0 saturated heterocycles. The molecule has 2 heterocycles. The van der Waals surface area contributed by atoms with Gasteiger partial charge in [-0.3, -0.25) is 9.59 Å². The minimum Gasteiger partial charge on any atom is -0.493 e. The van der Waals surface area contributed by atoms with Crippen LogP contribution in [0.5, 0.6) is 11.5 Å². The number of carbonyl (C=O) groups excluding carboxylic acids is 1. The van der Waals surface area contributed by atoms with Crippen LogP contribution in [-0.2, 0) is 6.42 Å². The first-order valence-corrected chi connectivity index (χ1v) is 8.47. The summed E-state index contributed by atoms with van der Waals surface area (Å²) >= 11 is 0. The summed E-state index contributed by atoms with van der Waals surface area (Å²) < 4.78 is 24.7. The molecule has 0 fully saturated rings. The fourth-order valence-electron chi connectivity index (χ4n) is 3.32. The van der Waals surface area contributed by atoms with Gasteiger partial charge >= 0.3 is 0 Å². The smallest absolute Gasteiger partial charge is 0.252 e. The highest BCUT2D eigenvalue weighted by Gasteiger charge is 2.25. The maximum absolute atomic E-state index is 13.6. The summed E-state index contributed by atoms with van der Waals surface area (Å²) in [5.41, 5.74) is 1.04. The molecule has 1 atom stereocenters. The lowest BCUT2D eigenvalue weighted by Gasteiger charge is -2.27. The van der Waals surface area contributed by atoms with Gasteiger partial charge in [0.2, 0.25) is 5.56 Å². The zero-order valence-electron chi connectivity index (χ0n) is 14.5. The highest BCUT2D eigenvalue weighted by atomic mass is 19.1. The summed E-state index contributed by atoms with van der Waals surface area (Å²) in [6.45, 7) is 0.272. The molecule has 0 saturated carbocycles. The van der Waals surface area contributed by atoms with Crippen LogP contribution in [0, 0.1) is 5.82 Å². The number of ether oxygens (including phenoxy) is 2. The summed E-state index contributed by atoms with van der Waals surface area (Å²) in [5, 5.41) is 3.23. The van der Waals surface area contributed by atoms with Crippen molar-refractivity contribution in [3.05, 3.63) is 69.8 Å². The van der Waals surface area contributed by atoms with Gasteiger partial charge in [0.1, 0.15) is 12.4 Å². The Morgan fingerprint density at radius 1 is 1.30 bits per heavy atom. The van der Waals surface area contributed by atoms with E-state index in [4.69, 9.17) is 9.47 Å². The molecule has 1 unspecified atom stereocenters. The zero-order valence-corrected chi connectivity index (χ0v) is 14.5. The second-order valence-electron chi connectivity index (χ2n) is 6.37. The molecule has 0 bridgehead atoms. The average Bonchev–Trinajstić information content (AvgIpc) is 2.67. The largest absolute Gasteiger partial charge is 0.493 e. The predicted octanol–water partition coefficient (Wildman–Crippen LogP) is 2.41. The van der Waals surface area contributed by atoms with E-state index in [1.165, 1.54) is 24.3 Å². The molecule has 2 N–H and O–H groups in total. The number of amides is 1. The SMILES string of the molecule is COc1cccc2c1OCC(NC(=O)c1cc(=O)[nH]c3ccc(F)cc13)C2. The van der Waals surface area contributed by atoms with Crippen molar-refractivity contribution in [2.75, 3.05) is 13.7 Å². The minimum absolute atomic E-state index is 0.129. The fourth-order valence-corrected chi connectivity index (χ4v) is 3.32. The van der Waals surface area contributed by atoms with Gasteiger partial charge in [0.15, 0.2) is 11.5 Å². The number of nitrogens with one attached hydrogen (secondary N) is 2. The molecule has 1 aliphatic rings. The fraction of sp³-hybridized carbons (Fsp3) is 0.200. The number of pyridine rings is 1. The number of H-pyrrole nitrogens is 1. The van der Waals surface area contributed by atoms with Crippen LogP contribution in [0.1, 0.15) is 15.9 Å². The van der Waals surface area contributed by atoms with Crippen molar-refractivity contribution >= 4 is 16.8 Å². The number of methoxy groups -OCH3 is 1. The quantitative estimate of drug-likeness (QED) is 0.744. The molecule has 1 aromatic heterocycles.